The number of hydrogen-bond acceptors (Lipinski definition) is 4. The molecule has 0 fully saturated rings. The topological polar surface area (TPSA) is 47.8 Å². The van der Waals surface area contributed by atoms with Crippen LogP contribution in [0, 0.1) is 3.57 Å². The van der Waals surface area contributed by atoms with Crippen LogP contribution >= 0.6 is 33.9 Å². The monoisotopic (exact) mass is 319 g/mol. The summed E-state index contributed by atoms with van der Waals surface area (Å²) in [4.78, 5) is 15.5. The molecular formula is C8H6IN3OS. The Hall–Kier alpha value is -0.760. The molecule has 0 aliphatic rings. The molecule has 0 saturated heterocycles. The minimum Gasteiger partial charge on any atom is -0.268 e. The van der Waals surface area contributed by atoms with Crippen molar-refractivity contribution in [2.24, 2.45) is 0 Å². The van der Waals surface area contributed by atoms with Crippen molar-refractivity contribution in [2.45, 2.75) is 6.54 Å². The van der Waals surface area contributed by atoms with Crippen LogP contribution in [0.25, 0.3) is 0 Å². The molecule has 0 radical (unpaired) electrons. The van der Waals surface area contributed by atoms with Gasteiger partial charge in [-0.2, -0.15) is 5.10 Å². The number of rotatable bonds is 2. The van der Waals surface area contributed by atoms with Gasteiger partial charge >= 0.3 is 0 Å². The van der Waals surface area contributed by atoms with E-state index < -0.39 is 0 Å². The van der Waals surface area contributed by atoms with Gasteiger partial charge in [0.15, 0.2) is 0 Å². The second-order valence-corrected chi connectivity index (χ2v) is 4.82. The fourth-order valence-corrected chi connectivity index (χ4v) is 1.98. The van der Waals surface area contributed by atoms with Crippen LogP contribution in [0.1, 0.15) is 5.01 Å². The van der Waals surface area contributed by atoms with E-state index in [0.717, 1.165) is 8.58 Å². The maximum atomic E-state index is 11.4. The third-order valence-electron chi connectivity index (χ3n) is 1.60. The SMILES string of the molecule is O=c1cc(I)cnn1Cc1nccs1. The summed E-state index contributed by atoms with van der Waals surface area (Å²) < 4.78 is 2.25. The Morgan fingerprint density at radius 2 is 2.43 bits per heavy atom. The predicted octanol–water partition coefficient (Wildman–Crippen LogP) is 1.35. The van der Waals surface area contributed by atoms with Gasteiger partial charge in [0.2, 0.25) is 0 Å². The van der Waals surface area contributed by atoms with Crippen LogP contribution in [0.5, 0.6) is 0 Å². The lowest BCUT2D eigenvalue weighted by Gasteiger charge is -2.00. The number of nitrogens with zero attached hydrogens (tertiary/aromatic N) is 3. The van der Waals surface area contributed by atoms with E-state index in [1.807, 2.05) is 5.38 Å². The van der Waals surface area contributed by atoms with Crippen molar-refractivity contribution in [2.75, 3.05) is 0 Å². The lowest BCUT2D eigenvalue weighted by Crippen LogP contribution is -2.22. The highest BCUT2D eigenvalue weighted by Crippen LogP contribution is 2.04. The zero-order valence-electron chi connectivity index (χ0n) is 7.05. The van der Waals surface area contributed by atoms with Gasteiger partial charge < -0.3 is 0 Å². The second kappa shape index (κ2) is 4.18. The van der Waals surface area contributed by atoms with Gasteiger partial charge in [-0.1, -0.05) is 0 Å². The quantitative estimate of drug-likeness (QED) is 0.785. The van der Waals surface area contributed by atoms with E-state index in [9.17, 15) is 4.79 Å². The number of aromatic nitrogens is 3. The molecular weight excluding hydrogens is 313 g/mol. The van der Waals surface area contributed by atoms with Crippen molar-refractivity contribution in [1.82, 2.24) is 14.8 Å². The van der Waals surface area contributed by atoms with E-state index in [-0.39, 0.29) is 5.56 Å². The fraction of sp³-hybridized carbons (Fsp3) is 0.125. The highest BCUT2D eigenvalue weighted by atomic mass is 127. The number of thiazole rings is 1. The van der Waals surface area contributed by atoms with Crippen molar-refractivity contribution in [3.05, 3.63) is 42.8 Å². The van der Waals surface area contributed by atoms with Gasteiger partial charge in [-0.15, -0.1) is 11.3 Å². The van der Waals surface area contributed by atoms with E-state index in [4.69, 9.17) is 0 Å². The van der Waals surface area contributed by atoms with Gasteiger partial charge in [-0.25, -0.2) is 9.67 Å². The minimum atomic E-state index is -0.0906. The molecule has 0 N–H and O–H groups in total. The average Bonchev–Trinajstić information content (AvgIpc) is 2.62. The van der Waals surface area contributed by atoms with Crippen molar-refractivity contribution in [1.29, 1.82) is 0 Å². The molecule has 0 saturated carbocycles. The molecule has 0 bridgehead atoms. The smallest absolute Gasteiger partial charge is 0.268 e. The van der Waals surface area contributed by atoms with E-state index >= 15 is 0 Å². The molecule has 0 aliphatic heterocycles. The first-order valence-corrected chi connectivity index (χ1v) is 5.82. The Balaban J connectivity index is 2.30. The van der Waals surface area contributed by atoms with E-state index in [0.29, 0.717) is 6.54 Å². The molecule has 2 aromatic heterocycles. The largest absolute Gasteiger partial charge is 0.268 e. The Kier molecular flexibility index (Phi) is 2.92. The third kappa shape index (κ3) is 2.18. The van der Waals surface area contributed by atoms with Gasteiger partial charge in [0, 0.05) is 21.2 Å². The first-order chi connectivity index (χ1) is 6.75. The normalized spacial score (nSPS) is 10.4. The van der Waals surface area contributed by atoms with Crippen LogP contribution in [0.4, 0.5) is 0 Å². The molecule has 2 aromatic rings. The molecule has 0 aliphatic carbocycles. The van der Waals surface area contributed by atoms with Crippen LogP contribution in [0.3, 0.4) is 0 Å². The molecule has 4 nitrogen and oxygen atoms in total. The van der Waals surface area contributed by atoms with Crippen LogP contribution < -0.4 is 5.56 Å². The molecule has 2 heterocycles. The van der Waals surface area contributed by atoms with E-state index in [1.54, 1.807) is 18.5 Å². The summed E-state index contributed by atoms with van der Waals surface area (Å²) in [5.74, 6) is 0. The first-order valence-electron chi connectivity index (χ1n) is 3.87. The summed E-state index contributed by atoms with van der Waals surface area (Å²) in [6.07, 6.45) is 3.38. The molecule has 0 aromatic carbocycles. The van der Waals surface area contributed by atoms with Crippen molar-refractivity contribution in [3.63, 3.8) is 0 Å². The van der Waals surface area contributed by atoms with Gasteiger partial charge in [0.25, 0.3) is 5.56 Å². The average molecular weight is 319 g/mol. The Morgan fingerprint density at radius 3 is 3.07 bits per heavy atom. The molecule has 6 heteroatoms. The molecule has 72 valence electrons. The van der Waals surface area contributed by atoms with Gasteiger partial charge in [-0.3, -0.25) is 4.79 Å². The minimum absolute atomic E-state index is 0.0906. The summed E-state index contributed by atoms with van der Waals surface area (Å²) in [6.45, 7) is 0.452. The summed E-state index contributed by atoms with van der Waals surface area (Å²) in [5, 5.41) is 6.79. The van der Waals surface area contributed by atoms with E-state index in [1.165, 1.54) is 16.0 Å². The molecule has 14 heavy (non-hydrogen) atoms. The maximum absolute atomic E-state index is 11.4. The lowest BCUT2D eigenvalue weighted by atomic mass is 10.5. The van der Waals surface area contributed by atoms with Crippen molar-refractivity contribution >= 4 is 33.9 Å². The van der Waals surface area contributed by atoms with Crippen LogP contribution in [0.2, 0.25) is 0 Å². The maximum Gasteiger partial charge on any atom is 0.268 e. The number of hydrogen-bond donors (Lipinski definition) is 0. The fourth-order valence-electron chi connectivity index (χ4n) is 0.989. The molecule has 2 rings (SSSR count). The molecule has 0 unspecified atom stereocenters. The Labute approximate surface area is 97.8 Å². The van der Waals surface area contributed by atoms with Crippen molar-refractivity contribution < 1.29 is 0 Å². The molecule has 0 atom stereocenters. The lowest BCUT2D eigenvalue weighted by molar-refractivity contribution is 0.634. The van der Waals surface area contributed by atoms with Crippen LogP contribution in [-0.4, -0.2) is 14.8 Å². The van der Waals surface area contributed by atoms with Gasteiger partial charge in [0.1, 0.15) is 5.01 Å². The predicted molar refractivity (Wildman–Crippen MR) is 62.4 cm³/mol. The van der Waals surface area contributed by atoms with Gasteiger partial charge in [0.05, 0.1) is 12.7 Å². The summed E-state index contributed by atoms with van der Waals surface area (Å²) in [6, 6.07) is 1.56. The summed E-state index contributed by atoms with van der Waals surface area (Å²) in [7, 11) is 0. The van der Waals surface area contributed by atoms with E-state index in [2.05, 4.69) is 32.7 Å². The zero-order chi connectivity index (χ0) is 9.97. The second-order valence-electron chi connectivity index (χ2n) is 2.60. The highest BCUT2D eigenvalue weighted by Gasteiger charge is 2.01. The van der Waals surface area contributed by atoms with Crippen LogP contribution in [0.15, 0.2) is 28.6 Å². The standard InChI is InChI=1S/C8H6IN3OS/c9-6-3-8(13)12(11-4-6)5-7-10-1-2-14-7/h1-4H,5H2. The zero-order valence-corrected chi connectivity index (χ0v) is 10.0. The Bertz CT molecular complexity index is 480. The third-order valence-corrected chi connectivity index (χ3v) is 2.96. The van der Waals surface area contributed by atoms with Gasteiger partial charge in [-0.05, 0) is 22.6 Å². The summed E-state index contributed by atoms with van der Waals surface area (Å²) >= 11 is 3.58. The van der Waals surface area contributed by atoms with Crippen molar-refractivity contribution in [3.8, 4) is 0 Å². The Morgan fingerprint density at radius 1 is 1.57 bits per heavy atom. The molecule has 0 amide bonds. The number of halogens is 1. The first kappa shape index (κ1) is 9.78. The van der Waals surface area contributed by atoms with Crippen LogP contribution in [-0.2, 0) is 6.54 Å². The highest BCUT2D eigenvalue weighted by molar-refractivity contribution is 14.1. The molecule has 0 spiro atoms. The summed E-state index contributed by atoms with van der Waals surface area (Å²) in [5.41, 5.74) is -0.0906.